The molecule has 1 aromatic carbocycles. The minimum Gasteiger partial charge on any atom is -0.314 e. The highest BCUT2D eigenvalue weighted by Crippen LogP contribution is 2.30. The fraction of sp³-hybridized carbons (Fsp3) is 0.238. The van der Waals surface area contributed by atoms with Crippen molar-refractivity contribution in [1.29, 1.82) is 0 Å². The fourth-order valence-corrected chi connectivity index (χ4v) is 3.79. The average Bonchev–Trinajstić information content (AvgIpc) is 3.14. The number of rotatable bonds is 4. The smallest absolute Gasteiger partial charge is 0.188 e. The summed E-state index contributed by atoms with van der Waals surface area (Å²) in [6.45, 7) is 6.48. The summed E-state index contributed by atoms with van der Waals surface area (Å²) in [4.78, 5) is 8.78. The zero-order valence-electron chi connectivity index (χ0n) is 15.6. The highest BCUT2D eigenvalue weighted by molar-refractivity contribution is 7.13. The van der Waals surface area contributed by atoms with Gasteiger partial charge in [0.2, 0.25) is 0 Å². The molecule has 4 aromatic rings. The topological polar surface area (TPSA) is 63.6 Å². The van der Waals surface area contributed by atoms with Gasteiger partial charge in [-0.3, -0.25) is 4.98 Å². The SMILES string of the molecule is CC(C)(C)c1csc(Nc2nnc(Cc3ccncc3)c3ccccc23)n1. The van der Waals surface area contributed by atoms with E-state index in [1.165, 1.54) is 5.56 Å². The Balaban J connectivity index is 1.69. The van der Waals surface area contributed by atoms with Gasteiger partial charge in [-0.1, -0.05) is 45.0 Å². The van der Waals surface area contributed by atoms with E-state index < -0.39 is 0 Å². The van der Waals surface area contributed by atoms with E-state index >= 15 is 0 Å². The normalized spacial score (nSPS) is 11.7. The number of nitrogens with zero attached hydrogens (tertiary/aromatic N) is 4. The lowest BCUT2D eigenvalue weighted by Crippen LogP contribution is -2.11. The number of aromatic nitrogens is 4. The Morgan fingerprint density at radius 2 is 1.70 bits per heavy atom. The summed E-state index contributed by atoms with van der Waals surface area (Å²) in [5.74, 6) is 0.735. The van der Waals surface area contributed by atoms with E-state index in [1.54, 1.807) is 23.7 Å². The molecule has 1 N–H and O–H groups in total. The zero-order chi connectivity index (χ0) is 18.9. The molecule has 5 nitrogen and oxygen atoms in total. The van der Waals surface area contributed by atoms with Gasteiger partial charge >= 0.3 is 0 Å². The molecule has 0 aliphatic rings. The summed E-state index contributed by atoms with van der Waals surface area (Å²) in [5.41, 5.74) is 3.22. The molecule has 0 radical (unpaired) electrons. The van der Waals surface area contributed by atoms with E-state index in [0.717, 1.165) is 39.5 Å². The number of thiazole rings is 1. The summed E-state index contributed by atoms with van der Waals surface area (Å²) in [6, 6.07) is 12.2. The van der Waals surface area contributed by atoms with Crippen LogP contribution in [-0.4, -0.2) is 20.2 Å². The van der Waals surface area contributed by atoms with Crippen LogP contribution in [0.5, 0.6) is 0 Å². The lowest BCUT2D eigenvalue weighted by Gasteiger charge is -2.14. The van der Waals surface area contributed by atoms with E-state index in [0.29, 0.717) is 0 Å². The average molecular weight is 376 g/mol. The molecule has 4 rings (SSSR count). The first-order valence-electron chi connectivity index (χ1n) is 8.87. The van der Waals surface area contributed by atoms with Crippen molar-refractivity contribution in [2.24, 2.45) is 0 Å². The second-order valence-electron chi connectivity index (χ2n) is 7.49. The van der Waals surface area contributed by atoms with Crippen LogP contribution < -0.4 is 5.32 Å². The Bertz CT molecular complexity index is 1070. The minimum atomic E-state index is 0.0264. The second-order valence-corrected chi connectivity index (χ2v) is 8.34. The van der Waals surface area contributed by atoms with Gasteiger partial charge in [0.15, 0.2) is 10.9 Å². The highest BCUT2D eigenvalue weighted by atomic mass is 32.1. The molecule has 3 aromatic heterocycles. The first-order chi connectivity index (χ1) is 13.0. The van der Waals surface area contributed by atoms with Crippen molar-refractivity contribution in [2.45, 2.75) is 32.6 Å². The third kappa shape index (κ3) is 3.80. The van der Waals surface area contributed by atoms with E-state index in [-0.39, 0.29) is 5.41 Å². The van der Waals surface area contributed by atoms with Crippen LogP contribution in [0.15, 0.2) is 54.2 Å². The molecule has 0 aliphatic carbocycles. The van der Waals surface area contributed by atoms with Crippen LogP contribution in [0.1, 0.15) is 37.7 Å². The van der Waals surface area contributed by atoms with Crippen molar-refractivity contribution in [3.8, 4) is 0 Å². The Labute approximate surface area is 162 Å². The number of fused-ring (bicyclic) bond motifs is 1. The van der Waals surface area contributed by atoms with Gasteiger partial charge < -0.3 is 5.32 Å². The van der Waals surface area contributed by atoms with E-state index in [1.807, 2.05) is 24.3 Å². The van der Waals surface area contributed by atoms with Gasteiger partial charge in [-0.2, -0.15) is 5.10 Å². The van der Waals surface area contributed by atoms with Crippen molar-refractivity contribution < 1.29 is 0 Å². The molecule has 0 atom stereocenters. The van der Waals surface area contributed by atoms with Crippen molar-refractivity contribution in [2.75, 3.05) is 5.32 Å². The van der Waals surface area contributed by atoms with Crippen molar-refractivity contribution in [1.82, 2.24) is 20.2 Å². The number of hydrogen-bond acceptors (Lipinski definition) is 6. The van der Waals surface area contributed by atoms with Gasteiger partial charge in [-0.05, 0) is 17.7 Å². The van der Waals surface area contributed by atoms with Crippen LogP contribution in [0, 0.1) is 0 Å². The summed E-state index contributed by atoms with van der Waals surface area (Å²) < 4.78 is 0. The summed E-state index contributed by atoms with van der Waals surface area (Å²) in [6.07, 6.45) is 4.33. The summed E-state index contributed by atoms with van der Waals surface area (Å²) in [7, 11) is 0. The lowest BCUT2D eigenvalue weighted by atomic mass is 9.93. The van der Waals surface area contributed by atoms with Crippen LogP contribution in [0.4, 0.5) is 10.9 Å². The molecular formula is C21H21N5S. The van der Waals surface area contributed by atoms with Crippen LogP contribution in [0.2, 0.25) is 0 Å². The number of benzene rings is 1. The fourth-order valence-electron chi connectivity index (χ4n) is 2.85. The van der Waals surface area contributed by atoms with E-state index in [9.17, 15) is 0 Å². The van der Waals surface area contributed by atoms with Crippen molar-refractivity contribution in [3.05, 3.63) is 71.1 Å². The van der Waals surface area contributed by atoms with Gasteiger partial charge in [-0.15, -0.1) is 16.4 Å². The van der Waals surface area contributed by atoms with Gasteiger partial charge in [0.05, 0.1) is 11.4 Å². The van der Waals surface area contributed by atoms with Crippen LogP contribution >= 0.6 is 11.3 Å². The van der Waals surface area contributed by atoms with Gasteiger partial charge in [0.25, 0.3) is 0 Å². The first-order valence-corrected chi connectivity index (χ1v) is 9.75. The molecular weight excluding hydrogens is 354 g/mol. The van der Waals surface area contributed by atoms with Gasteiger partial charge in [0.1, 0.15) is 0 Å². The largest absolute Gasteiger partial charge is 0.314 e. The first kappa shape index (κ1) is 17.5. The Morgan fingerprint density at radius 1 is 0.963 bits per heavy atom. The molecule has 0 aliphatic heterocycles. The van der Waals surface area contributed by atoms with Crippen LogP contribution in [-0.2, 0) is 11.8 Å². The molecule has 0 unspecified atom stereocenters. The molecule has 136 valence electrons. The predicted molar refractivity (Wildman–Crippen MR) is 111 cm³/mol. The zero-order valence-corrected chi connectivity index (χ0v) is 16.4. The Morgan fingerprint density at radius 3 is 2.41 bits per heavy atom. The van der Waals surface area contributed by atoms with Crippen molar-refractivity contribution in [3.63, 3.8) is 0 Å². The van der Waals surface area contributed by atoms with Crippen LogP contribution in [0.3, 0.4) is 0 Å². The van der Waals surface area contributed by atoms with Crippen LogP contribution in [0.25, 0.3) is 10.8 Å². The maximum absolute atomic E-state index is 4.71. The molecule has 6 heteroatoms. The maximum Gasteiger partial charge on any atom is 0.188 e. The molecule has 0 bridgehead atoms. The van der Waals surface area contributed by atoms with E-state index in [2.05, 4.69) is 58.8 Å². The monoisotopic (exact) mass is 375 g/mol. The minimum absolute atomic E-state index is 0.0264. The molecule has 27 heavy (non-hydrogen) atoms. The van der Waals surface area contributed by atoms with Crippen molar-refractivity contribution >= 4 is 33.1 Å². The van der Waals surface area contributed by atoms with Gasteiger partial charge in [-0.25, -0.2) is 4.98 Å². The lowest BCUT2D eigenvalue weighted by molar-refractivity contribution is 0.573. The number of hydrogen-bond donors (Lipinski definition) is 1. The Kier molecular flexibility index (Phi) is 4.58. The second kappa shape index (κ2) is 7.04. The van der Waals surface area contributed by atoms with E-state index in [4.69, 9.17) is 4.98 Å². The number of pyridine rings is 1. The third-order valence-electron chi connectivity index (χ3n) is 4.38. The number of anilines is 2. The quantitative estimate of drug-likeness (QED) is 0.537. The molecule has 0 fully saturated rings. The Hall–Kier alpha value is -2.86. The highest BCUT2D eigenvalue weighted by Gasteiger charge is 2.18. The summed E-state index contributed by atoms with van der Waals surface area (Å²) >= 11 is 1.59. The van der Waals surface area contributed by atoms with Gasteiger partial charge in [0, 0.05) is 40.4 Å². The standard InChI is InChI=1S/C21H21N5S/c1-21(2,3)18-13-27-20(23-18)24-19-16-7-5-4-6-15(16)17(25-26-19)12-14-8-10-22-11-9-14/h4-11,13H,12H2,1-3H3,(H,23,24,26). The molecule has 3 heterocycles. The molecule has 0 spiro atoms. The number of nitrogens with one attached hydrogen (secondary N) is 1. The third-order valence-corrected chi connectivity index (χ3v) is 5.14. The molecule has 0 saturated heterocycles. The molecule has 0 amide bonds. The molecule has 0 saturated carbocycles. The maximum atomic E-state index is 4.71. The summed E-state index contributed by atoms with van der Waals surface area (Å²) in [5, 5.41) is 17.4. The predicted octanol–water partition coefficient (Wildman–Crippen LogP) is 5.11.